The van der Waals surface area contributed by atoms with Crippen molar-refractivity contribution < 1.29 is 19.0 Å². The molecule has 0 heterocycles. The number of ether oxygens (including phenoxy) is 3. The van der Waals surface area contributed by atoms with E-state index in [1.54, 1.807) is 47.1 Å². The number of nitrogens with zero attached hydrogens (tertiary/aromatic N) is 1. The van der Waals surface area contributed by atoms with Crippen molar-refractivity contribution in [2.45, 2.75) is 40.0 Å². The van der Waals surface area contributed by atoms with Crippen LogP contribution in [0.2, 0.25) is 0 Å². The summed E-state index contributed by atoms with van der Waals surface area (Å²) in [6, 6.07) is 7.73. The SMILES string of the molecule is CCOC(=O)C(C)(C)[C@@](C#N)(c1ccc(OC)c(OC)c1)C(C)C. The Balaban J connectivity index is 3.64. The van der Waals surface area contributed by atoms with Gasteiger partial charge in [0.25, 0.3) is 0 Å². The van der Waals surface area contributed by atoms with Gasteiger partial charge in [0.15, 0.2) is 11.5 Å². The van der Waals surface area contributed by atoms with Crippen LogP contribution in [0.3, 0.4) is 0 Å². The maximum Gasteiger partial charge on any atom is 0.313 e. The van der Waals surface area contributed by atoms with Crippen molar-refractivity contribution in [3.8, 4) is 17.6 Å². The summed E-state index contributed by atoms with van der Waals surface area (Å²) in [7, 11) is 3.10. The number of methoxy groups -OCH3 is 2. The van der Waals surface area contributed by atoms with Gasteiger partial charge in [0.05, 0.1) is 32.3 Å². The summed E-state index contributed by atoms with van der Waals surface area (Å²) in [6.07, 6.45) is 0. The Morgan fingerprint density at radius 3 is 2.21 bits per heavy atom. The van der Waals surface area contributed by atoms with Crippen LogP contribution in [0.4, 0.5) is 0 Å². The highest BCUT2D eigenvalue weighted by atomic mass is 16.5. The fourth-order valence-electron chi connectivity index (χ4n) is 3.30. The zero-order valence-corrected chi connectivity index (χ0v) is 15.6. The number of carbonyl (C=O) groups excluding carboxylic acids is 1. The van der Waals surface area contributed by atoms with Crippen molar-refractivity contribution in [2.75, 3.05) is 20.8 Å². The van der Waals surface area contributed by atoms with E-state index in [9.17, 15) is 10.1 Å². The van der Waals surface area contributed by atoms with Crippen LogP contribution in [0.15, 0.2) is 18.2 Å². The van der Waals surface area contributed by atoms with E-state index in [-0.39, 0.29) is 12.5 Å². The Kier molecular flexibility index (Phi) is 6.25. The average Bonchev–Trinajstić information content (AvgIpc) is 2.55. The van der Waals surface area contributed by atoms with E-state index >= 15 is 0 Å². The number of hydrogen-bond acceptors (Lipinski definition) is 5. The molecule has 0 bridgehead atoms. The molecule has 0 aliphatic carbocycles. The van der Waals surface area contributed by atoms with Crippen molar-refractivity contribution in [1.29, 1.82) is 5.26 Å². The van der Waals surface area contributed by atoms with Crippen LogP contribution >= 0.6 is 0 Å². The van der Waals surface area contributed by atoms with E-state index in [1.165, 1.54) is 0 Å². The summed E-state index contributed by atoms with van der Waals surface area (Å²) in [5.74, 6) is 0.579. The Hall–Kier alpha value is -2.22. The van der Waals surface area contributed by atoms with Crippen LogP contribution in [0.5, 0.6) is 11.5 Å². The summed E-state index contributed by atoms with van der Waals surface area (Å²) in [5, 5.41) is 10.1. The van der Waals surface area contributed by atoms with E-state index in [0.29, 0.717) is 17.1 Å². The molecule has 0 fully saturated rings. The molecule has 1 atom stereocenters. The molecule has 0 aromatic heterocycles. The second kappa shape index (κ2) is 7.57. The van der Waals surface area contributed by atoms with Gasteiger partial charge >= 0.3 is 5.97 Å². The van der Waals surface area contributed by atoms with E-state index in [1.807, 2.05) is 19.9 Å². The van der Waals surface area contributed by atoms with E-state index in [0.717, 1.165) is 0 Å². The molecule has 1 aromatic rings. The lowest BCUT2D eigenvalue weighted by molar-refractivity contribution is -0.157. The largest absolute Gasteiger partial charge is 0.493 e. The number of hydrogen-bond donors (Lipinski definition) is 0. The smallest absolute Gasteiger partial charge is 0.313 e. The van der Waals surface area contributed by atoms with E-state index in [2.05, 4.69) is 6.07 Å². The fraction of sp³-hybridized carbons (Fsp3) is 0.579. The fourth-order valence-corrected chi connectivity index (χ4v) is 3.30. The van der Waals surface area contributed by atoms with Gasteiger partial charge in [-0.15, -0.1) is 0 Å². The van der Waals surface area contributed by atoms with Gasteiger partial charge in [0.1, 0.15) is 5.41 Å². The lowest BCUT2D eigenvalue weighted by Crippen LogP contribution is -2.50. The summed E-state index contributed by atoms with van der Waals surface area (Å²) in [6.45, 7) is 9.40. The first kappa shape index (κ1) is 19.8. The third-order valence-electron chi connectivity index (χ3n) is 4.65. The van der Waals surface area contributed by atoms with Gasteiger partial charge in [-0.2, -0.15) is 5.26 Å². The first-order valence-electron chi connectivity index (χ1n) is 8.03. The second-order valence-corrected chi connectivity index (χ2v) is 6.49. The van der Waals surface area contributed by atoms with Crippen molar-refractivity contribution >= 4 is 5.97 Å². The van der Waals surface area contributed by atoms with Gasteiger partial charge in [0, 0.05) is 0 Å². The monoisotopic (exact) mass is 333 g/mol. The molecular formula is C19H27NO4. The number of benzene rings is 1. The average molecular weight is 333 g/mol. The summed E-state index contributed by atoms with van der Waals surface area (Å²) in [4.78, 5) is 12.6. The third-order valence-corrected chi connectivity index (χ3v) is 4.65. The summed E-state index contributed by atoms with van der Waals surface area (Å²) < 4.78 is 15.9. The van der Waals surface area contributed by atoms with E-state index in [4.69, 9.17) is 14.2 Å². The number of carbonyl (C=O) groups is 1. The van der Waals surface area contributed by atoms with Gasteiger partial charge < -0.3 is 14.2 Å². The van der Waals surface area contributed by atoms with Crippen molar-refractivity contribution in [3.05, 3.63) is 23.8 Å². The topological polar surface area (TPSA) is 68.6 Å². The van der Waals surface area contributed by atoms with Crippen molar-refractivity contribution in [3.63, 3.8) is 0 Å². The molecule has 0 saturated carbocycles. The Morgan fingerprint density at radius 1 is 1.21 bits per heavy atom. The molecule has 0 amide bonds. The number of rotatable bonds is 7. The standard InChI is InChI=1S/C19H27NO4/c1-8-24-17(21)18(4,5)19(12-20,13(2)3)14-9-10-15(22-6)16(11-14)23-7/h9-11,13H,8H2,1-7H3/t19-/m1/s1. The van der Waals surface area contributed by atoms with Gasteiger partial charge in [-0.25, -0.2) is 0 Å². The van der Waals surface area contributed by atoms with E-state index < -0.39 is 16.8 Å². The van der Waals surface area contributed by atoms with Gasteiger partial charge in [-0.05, 0) is 44.4 Å². The molecule has 5 heteroatoms. The van der Waals surface area contributed by atoms with Crippen molar-refractivity contribution in [1.82, 2.24) is 0 Å². The predicted octanol–water partition coefficient (Wildman–Crippen LogP) is 3.71. The molecule has 0 N–H and O–H groups in total. The summed E-state index contributed by atoms with van der Waals surface area (Å²) >= 11 is 0. The zero-order chi connectivity index (χ0) is 18.5. The van der Waals surface area contributed by atoms with Gasteiger partial charge in [0.2, 0.25) is 0 Å². The molecule has 0 spiro atoms. The van der Waals surface area contributed by atoms with Crippen LogP contribution in [-0.4, -0.2) is 26.8 Å². The quantitative estimate of drug-likeness (QED) is 0.712. The molecule has 1 rings (SSSR count). The lowest BCUT2D eigenvalue weighted by Gasteiger charge is -2.43. The first-order chi connectivity index (χ1) is 11.2. The molecule has 5 nitrogen and oxygen atoms in total. The maximum atomic E-state index is 12.6. The maximum absolute atomic E-state index is 12.6. The number of esters is 1. The Morgan fingerprint density at radius 2 is 1.79 bits per heavy atom. The molecule has 24 heavy (non-hydrogen) atoms. The normalized spacial score (nSPS) is 13.8. The summed E-state index contributed by atoms with van der Waals surface area (Å²) in [5.41, 5.74) is -1.40. The highest BCUT2D eigenvalue weighted by Crippen LogP contribution is 2.49. The molecule has 0 saturated heterocycles. The Bertz CT molecular complexity index is 631. The molecule has 0 aliphatic rings. The number of nitriles is 1. The van der Waals surface area contributed by atoms with Gasteiger partial charge in [-0.1, -0.05) is 19.9 Å². The molecule has 0 aliphatic heterocycles. The molecule has 132 valence electrons. The van der Waals surface area contributed by atoms with Crippen LogP contribution in [0, 0.1) is 22.7 Å². The van der Waals surface area contributed by atoms with Gasteiger partial charge in [-0.3, -0.25) is 4.79 Å². The third kappa shape index (κ3) is 3.06. The second-order valence-electron chi connectivity index (χ2n) is 6.49. The first-order valence-corrected chi connectivity index (χ1v) is 8.03. The highest BCUT2D eigenvalue weighted by Gasteiger charge is 2.55. The molecule has 0 radical (unpaired) electrons. The van der Waals surface area contributed by atoms with Crippen LogP contribution < -0.4 is 9.47 Å². The molecule has 1 aromatic carbocycles. The predicted molar refractivity (Wildman–Crippen MR) is 92.1 cm³/mol. The zero-order valence-electron chi connectivity index (χ0n) is 15.6. The lowest BCUT2D eigenvalue weighted by atomic mass is 9.57. The minimum absolute atomic E-state index is 0.125. The van der Waals surface area contributed by atoms with Crippen LogP contribution in [-0.2, 0) is 14.9 Å². The van der Waals surface area contributed by atoms with Crippen LogP contribution in [0.25, 0.3) is 0 Å². The minimum Gasteiger partial charge on any atom is -0.493 e. The minimum atomic E-state index is -1.07. The highest BCUT2D eigenvalue weighted by molar-refractivity contribution is 5.79. The Labute approximate surface area is 144 Å². The van der Waals surface area contributed by atoms with Crippen molar-refractivity contribution in [2.24, 2.45) is 11.3 Å². The molecule has 0 unspecified atom stereocenters. The van der Waals surface area contributed by atoms with Crippen LogP contribution in [0.1, 0.15) is 40.2 Å². The molecular weight excluding hydrogens is 306 g/mol.